The summed E-state index contributed by atoms with van der Waals surface area (Å²) < 4.78 is 35.4. The first kappa shape index (κ1) is 71.2. The highest BCUT2D eigenvalue weighted by molar-refractivity contribution is 7.47. The number of quaternary nitrogens is 1. The fraction of sp³-hybridized carbons (Fsp3) is 0.952. The number of hydrogen-bond acceptors (Lipinski definition) is 6. The van der Waals surface area contributed by atoms with E-state index in [1.165, 1.54) is 276 Å². The molecule has 8 nitrogen and oxygen atoms in total. The summed E-state index contributed by atoms with van der Waals surface area (Å²) in [4.78, 5) is 23.1. The maximum atomic E-state index is 12.8. The lowest BCUT2D eigenvalue weighted by Crippen LogP contribution is -2.37. The number of esters is 1. The van der Waals surface area contributed by atoms with Crippen LogP contribution in [0.3, 0.4) is 0 Å². The van der Waals surface area contributed by atoms with E-state index in [-0.39, 0.29) is 25.8 Å². The number of rotatable bonds is 61. The Kier molecular flexibility index (Phi) is 55.8. The summed E-state index contributed by atoms with van der Waals surface area (Å²) in [6.45, 7) is 5.72. The van der Waals surface area contributed by atoms with Crippen molar-refractivity contribution in [1.82, 2.24) is 0 Å². The number of phosphoric ester groups is 1. The van der Waals surface area contributed by atoms with Crippen molar-refractivity contribution in [2.75, 3.05) is 54.1 Å². The molecule has 9 heteroatoms. The standard InChI is InChI=1S/C63H126NO7P/c1-6-8-10-12-14-16-18-20-22-24-26-28-30-32-34-36-38-40-42-44-46-48-50-52-54-56-63(65)71-62(61-70-72(66,67)69-59-57-64(3,4)5)60-68-58-55-53-51-49-47-45-43-41-39-37-35-33-31-29-27-25-23-21-19-17-15-13-11-9-7-2/h24,26,62H,6-23,25,27-61H2,1-5H3/p+1/b26-24-. The van der Waals surface area contributed by atoms with Crippen LogP contribution in [0.1, 0.15) is 328 Å². The highest BCUT2D eigenvalue weighted by atomic mass is 31.2. The molecule has 0 saturated heterocycles. The second-order valence-corrected chi connectivity index (χ2v) is 24.6. The molecule has 0 aromatic rings. The van der Waals surface area contributed by atoms with Gasteiger partial charge in [-0.2, -0.15) is 0 Å². The number of likely N-dealkylation sites (N-methyl/N-ethyl adjacent to an activating group) is 1. The summed E-state index contributed by atoms with van der Waals surface area (Å²) in [5, 5.41) is 0. The Morgan fingerprint density at radius 2 is 0.722 bits per heavy atom. The molecule has 0 amide bonds. The van der Waals surface area contributed by atoms with Crippen LogP contribution in [0.25, 0.3) is 0 Å². The number of carbonyl (C=O) groups is 1. The average molecular weight is 1040 g/mol. The molecule has 0 aromatic carbocycles. The zero-order valence-corrected chi connectivity index (χ0v) is 50.1. The summed E-state index contributed by atoms with van der Waals surface area (Å²) in [6, 6.07) is 0. The van der Waals surface area contributed by atoms with Crippen LogP contribution >= 0.6 is 7.82 Å². The van der Waals surface area contributed by atoms with Crippen molar-refractivity contribution >= 4 is 13.8 Å². The molecule has 0 spiro atoms. The van der Waals surface area contributed by atoms with Crippen LogP contribution in [0.2, 0.25) is 0 Å². The Labute approximate surface area is 450 Å². The number of phosphoric acid groups is 1. The molecular weight excluding hydrogens is 914 g/mol. The molecular formula is C63H127NO7P+. The van der Waals surface area contributed by atoms with Crippen molar-refractivity contribution in [3.05, 3.63) is 12.2 Å². The molecule has 0 saturated carbocycles. The van der Waals surface area contributed by atoms with Gasteiger partial charge in [0.1, 0.15) is 19.3 Å². The van der Waals surface area contributed by atoms with Crippen molar-refractivity contribution in [2.45, 2.75) is 335 Å². The summed E-state index contributed by atoms with van der Waals surface area (Å²) >= 11 is 0. The van der Waals surface area contributed by atoms with E-state index >= 15 is 0 Å². The van der Waals surface area contributed by atoms with E-state index < -0.39 is 13.9 Å². The third-order valence-electron chi connectivity index (χ3n) is 14.6. The SMILES string of the molecule is CCCCCCCCCC/C=C\CCCCCCCCCCCCCCCC(=O)OC(COCCCCCCCCCCCCCCCCCCCCCCCCCCC)COP(=O)(O)OCC[N+](C)(C)C. The third-order valence-corrected chi connectivity index (χ3v) is 15.6. The minimum absolute atomic E-state index is 0.0930. The van der Waals surface area contributed by atoms with E-state index in [0.29, 0.717) is 24.1 Å². The molecule has 2 unspecified atom stereocenters. The van der Waals surface area contributed by atoms with Crippen molar-refractivity contribution < 1.29 is 37.3 Å². The van der Waals surface area contributed by atoms with Crippen LogP contribution in [0, 0.1) is 0 Å². The van der Waals surface area contributed by atoms with Crippen LogP contribution in [0.4, 0.5) is 0 Å². The van der Waals surface area contributed by atoms with Gasteiger partial charge in [0.15, 0.2) is 0 Å². The van der Waals surface area contributed by atoms with Gasteiger partial charge in [0.25, 0.3) is 0 Å². The van der Waals surface area contributed by atoms with E-state index in [1.807, 2.05) is 21.1 Å². The van der Waals surface area contributed by atoms with Crippen LogP contribution in [0.15, 0.2) is 12.2 Å². The van der Waals surface area contributed by atoms with Gasteiger partial charge in [0.2, 0.25) is 0 Å². The van der Waals surface area contributed by atoms with Gasteiger partial charge in [-0.1, -0.05) is 296 Å². The highest BCUT2D eigenvalue weighted by Gasteiger charge is 2.26. The van der Waals surface area contributed by atoms with Crippen molar-refractivity contribution in [2.24, 2.45) is 0 Å². The summed E-state index contributed by atoms with van der Waals surface area (Å²) in [7, 11) is 1.69. The molecule has 0 radical (unpaired) electrons. The second-order valence-electron chi connectivity index (χ2n) is 23.2. The number of allylic oxidation sites excluding steroid dienone is 2. The van der Waals surface area contributed by atoms with E-state index in [9.17, 15) is 14.3 Å². The predicted molar refractivity (Wildman–Crippen MR) is 312 cm³/mol. The summed E-state index contributed by atoms with van der Waals surface area (Å²) in [6.07, 6.45) is 68.7. The van der Waals surface area contributed by atoms with Crippen LogP contribution in [-0.2, 0) is 27.9 Å². The Hall–Kier alpha value is -0.760. The normalized spacial score (nSPS) is 13.4. The van der Waals surface area contributed by atoms with Gasteiger partial charge in [0, 0.05) is 13.0 Å². The number of carbonyl (C=O) groups excluding carboxylic acids is 1. The van der Waals surface area contributed by atoms with Crippen LogP contribution in [-0.4, -0.2) is 75.6 Å². The third kappa shape index (κ3) is 60.1. The largest absolute Gasteiger partial charge is 0.472 e. The Morgan fingerprint density at radius 1 is 0.417 bits per heavy atom. The molecule has 72 heavy (non-hydrogen) atoms. The van der Waals surface area contributed by atoms with Gasteiger partial charge in [-0.15, -0.1) is 0 Å². The Bertz CT molecular complexity index is 1160. The molecule has 2 atom stereocenters. The maximum Gasteiger partial charge on any atom is 0.472 e. The summed E-state index contributed by atoms with van der Waals surface area (Å²) in [5.41, 5.74) is 0. The zero-order valence-electron chi connectivity index (χ0n) is 49.2. The predicted octanol–water partition coefficient (Wildman–Crippen LogP) is 20.5. The van der Waals surface area contributed by atoms with E-state index in [0.717, 1.165) is 32.1 Å². The second kappa shape index (κ2) is 56.4. The average Bonchev–Trinajstić information content (AvgIpc) is 3.34. The first-order valence-corrected chi connectivity index (χ1v) is 33.4. The topological polar surface area (TPSA) is 91.3 Å². The van der Waals surface area contributed by atoms with Crippen LogP contribution < -0.4 is 0 Å². The van der Waals surface area contributed by atoms with Gasteiger partial charge < -0.3 is 18.9 Å². The number of nitrogens with zero attached hydrogens (tertiary/aromatic N) is 1. The lowest BCUT2D eigenvalue weighted by molar-refractivity contribution is -0.870. The molecule has 0 bridgehead atoms. The number of unbranched alkanes of at least 4 members (excludes halogenated alkanes) is 45. The Balaban J connectivity index is 3.97. The highest BCUT2D eigenvalue weighted by Crippen LogP contribution is 2.43. The number of hydrogen-bond donors (Lipinski definition) is 1. The molecule has 0 aliphatic heterocycles. The van der Waals surface area contributed by atoms with Gasteiger partial charge in [-0.3, -0.25) is 13.8 Å². The first-order valence-electron chi connectivity index (χ1n) is 31.9. The monoisotopic (exact) mass is 1040 g/mol. The van der Waals surface area contributed by atoms with Gasteiger partial charge in [0.05, 0.1) is 34.4 Å². The molecule has 0 aliphatic carbocycles. The summed E-state index contributed by atoms with van der Waals surface area (Å²) in [5.74, 6) is -0.304. The van der Waals surface area contributed by atoms with E-state index in [2.05, 4.69) is 26.0 Å². The lowest BCUT2D eigenvalue weighted by Gasteiger charge is -2.24. The maximum absolute atomic E-state index is 12.8. The van der Waals surface area contributed by atoms with Crippen molar-refractivity contribution in [1.29, 1.82) is 0 Å². The smallest absolute Gasteiger partial charge is 0.457 e. The Morgan fingerprint density at radius 3 is 1.06 bits per heavy atom. The van der Waals surface area contributed by atoms with Crippen molar-refractivity contribution in [3.63, 3.8) is 0 Å². The fourth-order valence-electron chi connectivity index (χ4n) is 9.67. The van der Waals surface area contributed by atoms with Gasteiger partial charge in [-0.05, 0) is 38.5 Å². The van der Waals surface area contributed by atoms with E-state index in [4.69, 9.17) is 18.5 Å². The molecule has 0 heterocycles. The molecule has 0 aliphatic rings. The molecule has 0 rings (SSSR count). The fourth-order valence-corrected chi connectivity index (χ4v) is 10.4. The zero-order chi connectivity index (χ0) is 52.6. The lowest BCUT2D eigenvalue weighted by atomic mass is 10.0. The molecule has 1 N–H and O–H groups in total. The van der Waals surface area contributed by atoms with Gasteiger partial charge >= 0.3 is 13.8 Å². The van der Waals surface area contributed by atoms with E-state index in [1.54, 1.807) is 0 Å². The first-order chi connectivity index (χ1) is 35.1. The quantitative estimate of drug-likeness (QED) is 0.0213. The minimum atomic E-state index is -4.28. The van der Waals surface area contributed by atoms with Crippen LogP contribution in [0.5, 0.6) is 0 Å². The number of ether oxygens (including phenoxy) is 2. The minimum Gasteiger partial charge on any atom is -0.457 e. The van der Waals surface area contributed by atoms with Crippen molar-refractivity contribution in [3.8, 4) is 0 Å². The molecule has 0 fully saturated rings. The molecule has 0 aromatic heterocycles. The van der Waals surface area contributed by atoms with Gasteiger partial charge in [-0.25, -0.2) is 4.57 Å². The molecule has 430 valence electrons.